The summed E-state index contributed by atoms with van der Waals surface area (Å²) >= 11 is 0. The number of hydrogen-bond donors (Lipinski definition) is 3. The summed E-state index contributed by atoms with van der Waals surface area (Å²) in [5.74, 6) is 0.997. The van der Waals surface area contributed by atoms with Crippen molar-refractivity contribution in [1.82, 2.24) is 4.90 Å². The van der Waals surface area contributed by atoms with Crippen molar-refractivity contribution in [1.29, 1.82) is 0 Å². The van der Waals surface area contributed by atoms with Gasteiger partial charge in [0.05, 0.1) is 12.6 Å². The highest BCUT2D eigenvalue weighted by molar-refractivity contribution is 5.92. The predicted octanol–water partition coefficient (Wildman–Crippen LogP) is 4.08. The zero-order chi connectivity index (χ0) is 20.6. The number of aliphatic imine (C=N–C) groups is 1. The number of piperidine rings is 1. The predicted molar refractivity (Wildman–Crippen MR) is 121 cm³/mol. The third-order valence-electron chi connectivity index (χ3n) is 5.78. The van der Waals surface area contributed by atoms with E-state index >= 15 is 0 Å². The second kappa shape index (κ2) is 10.4. The maximum atomic E-state index is 9.62. The van der Waals surface area contributed by atoms with Gasteiger partial charge in [0.2, 0.25) is 0 Å². The van der Waals surface area contributed by atoms with Crippen molar-refractivity contribution in [2.75, 3.05) is 18.4 Å². The number of nitrogens with zero attached hydrogens (tertiary/aromatic N) is 2. The molecule has 0 bridgehead atoms. The Balaban J connectivity index is 1.48. The molecule has 1 heterocycles. The number of anilines is 1. The molecule has 5 nitrogen and oxygen atoms in total. The lowest BCUT2D eigenvalue weighted by molar-refractivity contribution is 0.0792. The fourth-order valence-electron chi connectivity index (χ4n) is 3.58. The largest absolute Gasteiger partial charge is 0.393 e. The maximum absolute atomic E-state index is 9.62. The number of rotatable bonds is 7. The normalized spacial score (nSPS) is 17.3. The Labute approximate surface area is 174 Å². The van der Waals surface area contributed by atoms with Crippen LogP contribution in [0.2, 0.25) is 0 Å². The van der Waals surface area contributed by atoms with Crippen LogP contribution in [0.1, 0.15) is 55.7 Å². The highest BCUT2D eigenvalue weighted by Crippen LogP contribution is 2.20. The van der Waals surface area contributed by atoms with Gasteiger partial charge < -0.3 is 16.2 Å². The van der Waals surface area contributed by atoms with Gasteiger partial charge in [0.15, 0.2) is 5.96 Å². The SMILES string of the molecule is CCC(C)c1ccc(NC(N)=NCc2ccc(CN3CCC(O)CC3)cc2)cc1. The number of likely N-dealkylation sites (tertiary alicyclic amines) is 1. The lowest BCUT2D eigenvalue weighted by atomic mass is 9.99. The first-order chi connectivity index (χ1) is 14.0. The first kappa shape index (κ1) is 21.3. The van der Waals surface area contributed by atoms with Gasteiger partial charge in [-0.25, -0.2) is 4.99 Å². The van der Waals surface area contributed by atoms with E-state index in [1.54, 1.807) is 0 Å². The lowest BCUT2D eigenvalue weighted by Gasteiger charge is -2.29. The zero-order valence-corrected chi connectivity index (χ0v) is 17.6. The molecule has 156 valence electrons. The molecule has 0 saturated carbocycles. The Morgan fingerprint density at radius 1 is 1.10 bits per heavy atom. The third kappa shape index (κ3) is 6.58. The molecule has 0 spiro atoms. The van der Waals surface area contributed by atoms with Crippen LogP contribution in [0.25, 0.3) is 0 Å². The Morgan fingerprint density at radius 3 is 2.34 bits per heavy atom. The Bertz CT molecular complexity index is 778. The van der Waals surface area contributed by atoms with Crippen LogP contribution in [0.15, 0.2) is 53.5 Å². The smallest absolute Gasteiger partial charge is 0.193 e. The topological polar surface area (TPSA) is 73.9 Å². The van der Waals surface area contributed by atoms with Gasteiger partial charge in [-0.15, -0.1) is 0 Å². The van der Waals surface area contributed by atoms with Gasteiger partial charge in [-0.3, -0.25) is 4.90 Å². The van der Waals surface area contributed by atoms with Gasteiger partial charge in [-0.2, -0.15) is 0 Å². The van der Waals surface area contributed by atoms with E-state index in [4.69, 9.17) is 5.73 Å². The highest BCUT2D eigenvalue weighted by Gasteiger charge is 2.16. The monoisotopic (exact) mass is 394 g/mol. The van der Waals surface area contributed by atoms with E-state index in [1.165, 1.54) is 11.1 Å². The van der Waals surface area contributed by atoms with Crippen LogP contribution in [0.4, 0.5) is 5.69 Å². The number of nitrogens with two attached hydrogens (primary N) is 1. The van der Waals surface area contributed by atoms with Crippen molar-refractivity contribution in [3.63, 3.8) is 0 Å². The summed E-state index contributed by atoms with van der Waals surface area (Å²) in [6.45, 7) is 7.86. The van der Waals surface area contributed by atoms with E-state index in [9.17, 15) is 5.11 Å². The Hall–Kier alpha value is -2.37. The van der Waals surface area contributed by atoms with Crippen LogP contribution in [0, 0.1) is 0 Å². The molecule has 1 atom stereocenters. The number of benzene rings is 2. The van der Waals surface area contributed by atoms with Crippen molar-refractivity contribution in [3.05, 3.63) is 65.2 Å². The molecule has 3 rings (SSSR count). The van der Waals surface area contributed by atoms with Crippen LogP contribution in [-0.4, -0.2) is 35.2 Å². The van der Waals surface area contributed by atoms with Gasteiger partial charge in [0, 0.05) is 25.3 Å². The molecule has 0 aromatic heterocycles. The van der Waals surface area contributed by atoms with Crippen LogP contribution < -0.4 is 11.1 Å². The van der Waals surface area contributed by atoms with Crippen molar-refractivity contribution in [2.45, 2.75) is 58.2 Å². The molecule has 0 radical (unpaired) electrons. The molecule has 0 amide bonds. The molecular formula is C24H34N4O. The van der Waals surface area contributed by atoms with E-state index in [1.807, 2.05) is 0 Å². The third-order valence-corrected chi connectivity index (χ3v) is 5.78. The fourth-order valence-corrected chi connectivity index (χ4v) is 3.58. The number of nitrogens with one attached hydrogen (secondary N) is 1. The minimum Gasteiger partial charge on any atom is -0.393 e. The molecule has 1 saturated heterocycles. The van der Waals surface area contributed by atoms with Crippen molar-refractivity contribution < 1.29 is 5.11 Å². The first-order valence-electron chi connectivity index (χ1n) is 10.7. The molecule has 29 heavy (non-hydrogen) atoms. The van der Waals surface area contributed by atoms with E-state index in [2.05, 4.69) is 77.6 Å². The lowest BCUT2D eigenvalue weighted by Crippen LogP contribution is -2.35. The molecular weight excluding hydrogens is 360 g/mol. The summed E-state index contributed by atoms with van der Waals surface area (Å²) in [5.41, 5.74) is 10.8. The maximum Gasteiger partial charge on any atom is 0.193 e. The molecule has 1 unspecified atom stereocenters. The summed E-state index contributed by atoms with van der Waals surface area (Å²) in [6, 6.07) is 16.9. The van der Waals surface area contributed by atoms with Crippen LogP contribution >= 0.6 is 0 Å². The molecule has 1 fully saturated rings. The van der Waals surface area contributed by atoms with Gasteiger partial charge in [-0.1, -0.05) is 50.2 Å². The van der Waals surface area contributed by atoms with Crippen LogP contribution in [-0.2, 0) is 13.1 Å². The van der Waals surface area contributed by atoms with Gasteiger partial charge in [-0.05, 0) is 54.0 Å². The second-order valence-corrected chi connectivity index (χ2v) is 8.08. The molecule has 5 heteroatoms. The molecule has 2 aromatic rings. The zero-order valence-electron chi connectivity index (χ0n) is 17.6. The van der Waals surface area contributed by atoms with E-state index in [-0.39, 0.29) is 6.10 Å². The minimum atomic E-state index is -0.122. The van der Waals surface area contributed by atoms with Crippen molar-refractivity contribution >= 4 is 11.6 Å². The molecule has 1 aliphatic heterocycles. The summed E-state index contributed by atoms with van der Waals surface area (Å²) < 4.78 is 0. The minimum absolute atomic E-state index is 0.122. The second-order valence-electron chi connectivity index (χ2n) is 8.08. The Kier molecular flexibility index (Phi) is 7.67. The average molecular weight is 395 g/mol. The summed E-state index contributed by atoms with van der Waals surface area (Å²) in [6.07, 6.45) is 2.76. The number of guanidine groups is 1. The fraction of sp³-hybridized carbons (Fsp3) is 0.458. The van der Waals surface area contributed by atoms with E-state index in [0.29, 0.717) is 18.4 Å². The summed E-state index contributed by atoms with van der Waals surface area (Å²) in [5, 5.41) is 12.8. The van der Waals surface area contributed by atoms with Crippen LogP contribution in [0.3, 0.4) is 0 Å². The average Bonchev–Trinajstić information content (AvgIpc) is 2.75. The van der Waals surface area contributed by atoms with E-state index < -0.39 is 0 Å². The summed E-state index contributed by atoms with van der Waals surface area (Å²) in [4.78, 5) is 6.86. The van der Waals surface area contributed by atoms with Crippen molar-refractivity contribution in [3.8, 4) is 0 Å². The van der Waals surface area contributed by atoms with Gasteiger partial charge in [0.1, 0.15) is 0 Å². The molecule has 1 aliphatic rings. The van der Waals surface area contributed by atoms with Gasteiger partial charge >= 0.3 is 0 Å². The standard InChI is InChI=1S/C24H34N4O/c1-3-18(2)21-8-10-22(11-9-21)27-24(25)26-16-19-4-6-20(7-5-19)17-28-14-12-23(29)13-15-28/h4-11,18,23,29H,3,12-17H2,1-2H3,(H3,25,26,27). The number of aliphatic hydroxyl groups excluding tert-OH is 1. The van der Waals surface area contributed by atoms with Crippen LogP contribution in [0.5, 0.6) is 0 Å². The van der Waals surface area contributed by atoms with Gasteiger partial charge in [0.25, 0.3) is 0 Å². The molecule has 4 N–H and O–H groups in total. The molecule has 2 aromatic carbocycles. The number of aliphatic hydroxyl groups is 1. The molecule has 0 aliphatic carbocycles. The highest BCUT2D eigenvalue weighted by atomic mass is 16.3. The van der Waals surface area contributed by atoms with E-state index in [0.717, 1.165) is 50.1 Å². The Morgan fingerprint density at radius 2 is 1.72 bits per heavy atom. The number of hydrogen-bond acceptors (Lipinski definition) is 3. The summed E-state index contributed by atoms with van der Waals surface area (Å²) in [7, 11) is 0. The quantitative estimate of drug-likeness (QED) is 0.489. The van der Waals surface area contributed by atoms with Crippen molar-refractivity contribution in [2.24, 2.45) is 10.7 Å². The first-order valence-corrected chi connectivity index (χ1v) is 10.7.